The molecule has 0 saturated heterocycles. The Bertz CT molecular complexity index is 487. The van der Waals surface area contributed by atoms with Gasteiger partial charge in [0.2, 0.25) is 0 Å². The van der Waals surface area contributed by atoms with Crippen molar-refractivity contribution in [1.29, 1.82) is 0 Å². The zero-order chi connectivity index (χ0) is 14.0. The van der Waals surface area contributed by atoms with E-state index >= 15 is 0 Å². The fourth-order valence-corrected chi connectivity index (χ4v) is 2.52. The molecule has 0 aromatic heterocycles. The SMILES string of the molecule is CCOC(=O)c1cc(N)cc(Cl)c1N(C)CC1CC1. The van der Waals surface area contributed by atoms with Crippen molar-refractivity contribution in [3.63, 3.8) is 0 Å². The lowest BCUT2D eigenvalue weighted by atomic mass is 10.1. The van der Waals surface area contributed by atoms with Crippen LogP contribution in [0.25, 0.3) is 0 Å². The fraction of sp³-hybridized carbons (Fsp3) is 0.500. The Morgan fingerprint density at radius 3 is 2.79 bits per heavy atom. The fourth-order valence-electron chi connectivity index (χ4n) is 2.15. The maximum atomic E-state index is 12.0. The molecule has 0 unspecified atom stereocenters. The number of nitrogen functional groups attached to an aromatic ring is 1. The Morgan fingerprint density at radius 1 is 1.53 bits per heavy atom. The van der Waals surface area contributed by atoms with Crippen LogP contribution in [0.15, 0.2) is 12.1 Å². The smallest absolute Gasteiger partial charge is 0.340 e. The van der Waals surface area contributed by atoms with E-state index in [-0.39, 0.29) is 5.97 Å². The quantitative estimate of drug-likeness (QED) is 0.666. The van der Waals surface area contributed by atoms with Gasteiger partial charge in [0, 0.05) is 19.3 Å². The van der Waals surface area contributed by atoms with Crippen LogP contribution in [0.1, 0.15) is 30.1 Å². The van der Waals surface area contributed by atoms with Crippen molar-refractivity contribution in [3.05, 3.63) is 22.7 Å². The van der Waals surface area contributed by atoms with E-state index in [0.29, 0.717) is 34.5 Å². The average molecular weight is 283 g/mol. The summed E-state index contributed by atoms with van der Waals surface area (Å²) in [4.78, 5) is 14.0. The monoisotopic (exact) mass is 282 g/mol. The molecule has 2 rings (SSSR count). The van der Waals surface area contributed by atoms with Crippen molar-refractivity contribution in [2.75, 3.05) is 30.8 Å². The summed E-state index contributed by atoms with van der Waals surface area (Å²) in [5.74, 6) is 0.322. The number of anilines is 2. The predicted molar refractivity (Wildman–Crippen MR) is 77.8 cm³/mol. The molecule has 5 heteroatoms. The van der Waals surface area contributed by atoms with E-state index in [0.717, 1.165) is 6.54 Å². The van der Waals surface area contributed by atoms with E-state index in [1.807, 2.05) is 11.9 Å². The Hall–Kier alpha value is -1.42. The Morgan fingerprint density at radius 2 is 2.21 bits per heavy atom. The van der Waals surface area contributed by atoms with Crippen LogP contribution in [-0.2, 0) is 4.74 Å². The minimum Gasteiger partial charge on any atom is -0.462 e. The number of carbonyl (C=O) groups excluding carboxylic acids is 1. The van der Waals surface area contributed by atoms with Crippen LogP contribution in [-0.4, -0.2) is 26.2 Å². The number of nitrogens with two attached hydrogens (primary N) is 1. The minimum absolute atomic E-state index is 0.330. The van der Waals surface area contributed by atoms with Crippen LogP contribution in [0, 0.1) is 5.92 Å². The van der Waals surface area contributed by atoms with Gasteiger partial charge in [0.05, 0.1) is 22.9 Å². The van der Waals surface area contributed by atoms with Gasteiger partial charge in [-0.15, -0.1) is 0 Å². The van der Waals surface area contributed by atoms with Crippen molar-refractivity contribution < 1.29 is 9.53 Å². The van der Waals surface area contributed by atoms with Crippen molar-refractivity contribution in [2.45, 2.75) is 19.8 Å². The zero-order valence-electron chi connectivity index (χ0n) is 11.3. The summed E-state index contributed by atoms with van der Waals surface area (Å²) in [7, 11) is 1.94. The van der Waals surface area contributed by atoms with Gasteiger partial charge in [-0.25, -0.2) is 4.79 Å². The third kappa shape index (κ3) is 3.32. The predicted octanol–water partition coefficient (Wildman–Crippen LogP) is 2.95. The van der Waals surface area contributed by atoms with Gasteiger partial charge >= 0.3 is 5.97 Å². The molecule has 0 amide bonds. The molecule has 0 heterocycles. The average Bonchev–Trinajstić information content (AvgIpc) is 3.11. The first-order chi connectivity index (χ1) is 9.02. The highest BCUT2D eigenvalue weighted by molar-refractivity contribution is 6.34. The number of hydrogen-bond acceptors (Lipinski definition) is 4. The Labute approximate surface area is 118 Å². The third-order valence-corrected chi connectivity index (χ3v) is 3.48. The molecule has 1 aromatic carbocycles. The van der Waals surface area contributed by atoms with Gasteiger partial charge in [-0.3, -0.25) is 0 Å². The molecule has 0 atom stereocenters. The van der Waals surface area contributed by atoms with E-state index in [1.54, 1.807) is 19.1 Å². The summed E-state index contributed by atoms with van der Waals surface area (Å²) in [6, 6.07) is 3.30. The number of carbonyl (C=O) groups is 1. The Balaban J connectivity index is 2.34. The first-order valence-corrected chi connectivity index (χ1v) is 6.88. The van der Waals surface area contributed by atoms with E-state index < -0.39 is 0 Å². The van der Waals surface area contributed by atoms with Gasteiger partial charge in [-0.2, -0.15) is 0 Å². The van der Waals surface area contributed by atoms with Gasteiger partial charge in [-0.05, 0) is 37.8 Å². The lowest BCUT2D eigenvalue weighted by molar-refractivity contribution is 0.0527. The molecule has 1 aliphatic rings. The molecule has 19 heavy (non-hydrogen) atoms. The number of nitrogens with zero attached hydrogens (tertiary/aromatic N) is 1. The lowest BCUT2D eigenvalue weighted by Crippen LogP contribution is -2.23. The second kappa shape index (κ2) is 5.70. The zero-order valence-corrected chi connectivity index (χ0v) is 12.0. The first-order valence-electron chi connectivity index (χ1n) is 6.50. The van der Waals surface area contributed by atoms with Crippen LogP contribution < -0.4 is 10.6 Å². The molecule has 2 N–H and O–H groups in total. The number of rotatable bonds is 5. The molecule has 4 nitrogen and oxygen atoms in total. The molecule has 0 radical (unpaired) electrons. The number of ether oxygens (including phenoxy) is 1. The Kier molecular flexibility index (Phi) is 4.20. The van der Waals surface area contributed by atoms with E-state index in [1.165, 1.54) is 12.8 Å². The van der Waals surface area contributed by atoms with Gasteiger partial charge < -0.3 is 15.4 Å². The van der Waals surface area contributed by atoms with Gasteiger partial charge in [-0.1, -0.05) is 11.6 Å². The molecular weight excluding hydrogens is 264 g/mol. The highest BCUT2D eigenvalue weighted by atomic mass is 35.5. The summed E-state index contributed by atoms with van der Waals surface area (Å²) >= 11 is 6.25. The number of esters is 1. The van der Waals surface area contributed by atoms with Gasteiger partial charge in [0.1, 0.15) is 0 Å². The van der Waals surface area contributed by atoms with Crippen molar-refractivity contribution >= 4 is 28.9 Å². The van der Waals surface area contributed by atoms with Crippen molar-refractivity contribution in [1.82, 2.24) is 0 Å². The van der Waals surface area contributed by atoms with Crippen LogP contribution >= 0.6 is 11.6 Å². The van der Waals surface area contributed by atoms with E-state index in [2.05, 4.69) is 0 Å². The van der Waals surface area contributed by atoms with Gasteiger partial charge in [0.25, 0.3) is 0 Å². The molecule has 0 spiro atoms. The highest BCUT2D eigenvalue weighted by Crippen LogP contribution is 2.36. The lowest BCUT2D eigenvalue weighted by Gasteiger charge is -2.23. The molecule has 1 aliphatic carbocycles. The maximum Gasteiger partial charge on any atom is 0.340 e. The van der Waals surface area contributed by atoms with Crippen LogP contribution in [0.4, 0.5) is 11.4 Å². The number of benzene rings is 1. The summed E-state index contributed by atoms with van der Waals surface area (Å²) in [5.41, 5.74) is 7.38. The molecule has 0 bridgehead atoms. The second-order valence-electron chi connectivity index (χ2n) is 4.94. The third-order valence-electron chi connectivity index (χ3n) is 3.19. The maximum absolute atomic E-state index is 12.0. The molecule has 1 saturated carbocycles. The molecule has 0 aliphatic heterocycles. The molecule has 1 aromatic rings. The largest absolute Gasteiger partial charge is 0.462 e. The summed E-state index contributed by atoms with van der Waals surface area (Å²) in [6.45, 7) is 3.01. The van der Waals surface area contributed by atoms with Crippen molar-refractivity contribution in [3.8, 4) is 0 Å². The molecular formula is C14H19ClN2O2. The summed E-state index contributed by atoms with van der Waals surface area (Å²) in [5, 5.41) is 0.492. The normalized spacial score (nSPS) is 14.3. The van der Waals surface area contributed by atoms with Crippen LogP contribution in [0.3, 0.4) is 0 Å². The van der Waals surface area contributed by atoms with Crippen LogP contribution in [0.2, 0.25) is 5.02 Å². The van der Waals surface area contributed by atoms with Gasteiger partial charge in [0.15, 0.2) is 0 Å². The number of hydrogen-bond donors (Lipinski definition) is 1. The topological polar surface area (TPSA) is 55.6 Å². The number of halogens is 1. The van der Waals surface area contributed by atoms with E-state index in [4.69, 9.17) is 22.1 Å². The summed E-state index contributed by atoms with van der Waals surface area (Å²) < 4.78 is 5.07. The van der Waals surface area contributed by atoms with E-state index in [9.17, 15) is 4.79 Å². The summed E-state index contributed by atoms with van der Waals surface area (Å²) in [6.07, 6.45) is 2.48. The molecule has 1 fully saturated rings. The first kappa shape index (κ1) is 14.0. The molecule has 104 valence electrons. The minimum atomic E-state index is -0.380. The highest BCUT2D eigenvalue weighted by Gasteiger charge is 2.26. The second-order valence-corrected chi connectivity index (χ2v) is 5.35. The van der Waals surface area contributed by atoms with Crippen molar-refractivity contribution in [2.24, 2.45) is 5.92 Å². The standard InChI is InChI=1S/C14H19ClN2O2/c1-3-19-14(18)11-6-10(16)7-12(15)13(11)17(2)8-9-4-5-9/h6-7,9H,3-5,8,16H2,1-2H3. The van der Waals surface area contributed by atoms with Crippen LogP contribution in [0.5, 0.6) is 0 Å².